The summed E-state index contributed by atoms with van der Waals surface area (Å²) in [6, 6.07) is 0. The largest absolute Gasteiger partial charge is 0.501 e. The van der Waals surface area contributed by atoms with Gasteiger partial charge in [-0.2, -0.15) is 0 Å². The fraction of sp³-hybridized carbons (Fsp3) is 0.333. The second-order valence-electron chi connectivity index (χ2n) is 2.65. The number of hydrogen-bond acceptors (Lipinski definition) is 1. The van der Waals surface area contributed by atoms with Crippen molar-refractivity contribution in [3.05, 3.63) is 47.8 Å². The summed E-state index contributed by atoms with van der Waals surface area (Å²) in [6.07, 6.45) is 7.91. The van der Waals surface area contributed by atoms with E-state index in [1.807, 2.05) is 45.1 Å². The van der Waals surface area contributed by atoms with E-state index in [-0.39, 0.29) is 0 Å². The molecular weight excluding hydrogens is 160 g/mol. The Bertz CT molecular complexity index is 254. The minimum Gasteiger partial charge on any atom is -0.501 e. The van der Waals surface area contributed by atoms with Crippen molar-refractivity contribution in [2.45, 2.75) is 20.8 Å². The number of allylic oxidation sites excluding steroid dienone is 7. The van der Waals surface area contributed by atoms with E-state index in [1.54, 1.807) is 7.11 Å². The maximum absolute atomic E-state index is 5.08. The molecule has 0 radical (unpaired) electrons. The first-order chi connectivity index (χ1) is 6.19. The van der Waals surface area contributed by atoms with Gasteiger partial charge in [-0.3, -0.25) is 0 Å². The average molecular weight is 178 g/mol. The normalized spacial score (nSPS) is 14.3. The highest BCUT2D eigenvalue weighted by molar-refractivity contribution is 5.45. The molecule has 13 heavy (non-hydrogen) atoms. The molecule has 0 saturated heterocycles. The van der Waals surface area contributed by atoms with E-state index >= 15 is 0 Å². The molecule has 0 spiro atoms. The molecule has 0 N–H and O–H groups in total. The first-order valence-electron chi connectivity index (χ1n) is 4.37. The van der Waals surface area contributed by atoms with E-state index in [2.05, 4.69) is 6.58 Å². The summed E-state index contributed by atoms with van der Waals surface area (Å²) in [5.41, 5.74) is 2.26. The van der Waals surface area contributed by atoms with Crippen molar-refractivity contribution in [3.63, 3.8) is 0 Å². The molecule has 0 unspecified atom stereocenters. The van der Waals surface area contributed by atoms with E-state index in [9.17, 15) is 0 Å². The molecule has 0 aromatic carbocycles. The zero-order valence-corrected chi connectivity index (χ0v) is 8.92. The van der Waals surface area contributed by atoms with Crippen LogP contribution in [0.2, 0.25) is 0 Å². The van der Waals surface area contributed by atoms with Crippen LogP contribution in [0.1, 0.15) is 20.8 Å². The smallest absolute Gasteiger partial charge is 0.0930 e. The van der Waals surface area contributed by atoms with Crippen molar-refractivity contribution in [1.29, 1.82) is 0 Å². The molecule has 0 aliphatic rings. The second-order valence-corrected chi connectivity index (χ2v) is 2.65. The standard InChI is InChI=1S/C12H18O/c1-6-11(7-2)12(8-3)9-10(4)13-5/h6-9H,1H2,2-5H3/b10-9+,11-7-,12-8-. The summed E-state index contributed by atoms with van der Waals surface area (Å²) in [4.78, 5) is 0. The predicted octanol–water partition coefficient (Wildman–Crippen LogP) is 3.62. The third-order valence-corrected chi connectivity index (χ3v) is 1.86. The SMILES string of the molecule is C=CC(=C/C)/C(=C\C)/C=C(\C)OC. The highest BCUT2D eigenvalue weighted by atomic mass is 16.5. The molecule has 0 aliphatic carbocycles. The molecule has 0 bridgehead atoms. The second kappa shape index (κ2) is 6.30. The highest BCUT2D eigenvalue weighted by Gasteiger charge is 1.96. The van der Waals surface area contributed by atoms with Crippen molar-refractivity contribution in [3.8, 4) is 0 Å². The molecule has 0 saturated carbocycles. The maximum Gasteiger partial charge on any atom is 0.0930 e. The summed E-state index contributed by atoms with van der Waals surface area (Å²) in [5.74, 6) is 0.898. The molecule has 0 atom stereocenters. The van der Waals surface area contributed by atoms with Crippen LogP contribution in [0.5, 0.6) is 0 Å². The Labute approximate surface area is 81.1 Å². The van der Waals surface area contributed by atoms with Gasteiger partial charge in [0.05, 0.1) is 12.9 Å². The van der Waals surface area contributed by atoms with Gasteiger partial charge in [0.25, 0.3) is 0 Å². The third-order valence-electron chi connectivity index (χ3n) is 1.86. The first-order valence-corrected chi connectivity index (χ1v) is 4.37. The van der Waals surface area contributed by atoms with Crippen LogP contribution < -0.4 is 0 Å². The molecule has 0 heterocycles. The van der Waals surface area contributed by atoms with E-state index < -0.39 is 0 Å². The van der Waals surface area contributed by atoms with Gasteiger partial charge in [0.15, 0.2) is 0 Å². The summed E-state index contributed by atoms with van der Waals surface area (Å²) in [6.45, 7) is 9.68. The lowest BCUT2D eigenvalue weighted by molar-refractivity contribution is 0.293. The minimum atomic E-state index is 0.898. The summed E-state index contributed by atoms with van der Waals surface area (Å²) < 4.78 is 5.08. The van der Waals surface area contributed by atoms with Crippen molar-refractivity contribution >= 4 is 0 Å². The van der Waals surface area contributed by atoms with Gasteiger partial charge in [-0.05, 0) is 38.0 Å². The van der Waals surface area contributed by atoms with Crippen LogP contribution in [0, 0.1) is 0 Å². The van der Waals surface area contributed by atoms with Crippen LogP contribution in [-0.4, -0.2) is 7.11 Å². The minimum absolute atomic E-state index is 0.898. The molecule has 0 aromatic heterocycles. The molecule has 72 valence electrons. The quantitative estimate of drug-likeness (QED) is 0.472. The molecule has 0 amide bonds. The van der Waals surface area contributed by atoms with Gasteiger partial charge in [-0.1, -0.05) is 24.8 Å². The van der Waals surface area contributed by atoms with Gasteiger partial charge in [-0.25, -0.2) is 0 Å². The van der Waals surface area contributed by atoms with Gasteiger partial charge in [0.2, 0.25) is 0 Å². The zero-order chi connectivity index (χ0) is 10.3. The van der Waals surface area contributed by atoms with Crippen molar-refractivity contribution in [2.75, 3.05) is 7.11 Å². The molecule has 1 heteroatoms. The fourth-order valence-corrected chi connectivity index (χ4v) is 1.01. The summed E-state index contributed by atoms with van der Waals surface area (Å²) in [7, 11) is 1.67. The van der Waals surface area contributed by atoms with E-state index in [1.165, 1.54) is 0 Å². The number of methoxy groups -OCH3 is 1. The van der Waals surface area contributed by atoms with Crippen LogP contribution in [0.15, 0.2) is 47.8 Å². The lowest BCUT2D eigenvalue weighted by Gasteiger charge is -2.04. The Morgan fingerprint density at radius 3 is 2.00 bits per heavy atom. The van der Waals surface area contributed by atoms with Gasteiger partial charge < -0.3 is 4.74 Å². The van der Waals surface area contributed by atoms with Gasteiger partial charge in [-0.15, -0.1) is 0 Å². The van der Waals surface area contributed by atoms with Crippen LogP contribution in [0.25, 0.3) is 0 Å². The fourth-order valence-electron chi connectivity index (χ4n) is 1.01. The van der Waals surface area contributed by atoms with Crippen LogP contribution in [0.4, 0.5) is 0 Å². The Balaban J connectivity index is 4.84. The molecular formula is C12H18O. The Hall–Kier alpha value is -1.24. The molecule has 0 fully saturated rings. The van der Waals surface area contributed by atoms with E-state index in [0.717, 1.165) is 16.9 Å². The predicted molar refractivity (Wildman–Crippen MR) is 58.5 cm³/mol. The zero-order valence-electron chi connectivity index (χ0n) is 8.92. The monoisotopic (exact) mass is 178 g/mol. The van der Waals surface area contributed by atoms with Crippen LogP contribution in [0.3, 0.4) is 0 Å². The number of rotatable bonds is 4. The van der Waals surface area contributed by atoms with Gasteiger partial charge in [0.1, 0.15) is 0 Å². The lowest BCUT2D eigenvalue weighted by Crippen LogP contribution is -1.86. The lowest BCUT2D eigenvalue weighted by atomic mass is 10.1. The van der Waals surface area contributed by atoms with Crippen molar-refractivity contribution in [1.82, 2.24) is 0 Å². The van der Waals surface area contributed by atoms with Crippen LogP contribution in [-0.2, 0) is 4.74 Å². The van der Waals surface area contributed by atoms with E-state index in [4.69, 9.17) is 4.74 Å². The molecule has 0 rings (SSSR count). The summed E-state index contributed by atoms with van der Waals surface area (Å²) in [5, 5.41) is 0. The third kappa shape index (κ3) is 3.79. The topological polar surface area (TPSA) is 9.23 Å². The molecule has 0 aromatic rings. The highest BCUT2D eigenvalue weighted by Crippen LogP contribution is 2.14. The maximum atomic E-state index is 5.08. The van der Waals surface area contributed by atoms with E-state index in [0.29, 0.717) is 0 Å². The average Bonchev–Trinajstić information content (AvgIpc) is 2.17. The molecule has 0 aliphatic heterocycles. The van der Waals surface area contributed by atoms with Gasteiger partial charge in [0, 0.05) is 0 Å². The van der Waals surface area contributed by atoms with Gasteiger partial charge >= 0.3 is 0 Å². The van der Waals surface area contributed by atoms with Crippen LogP contribution >= 0.6 is 0 Å². The van der Waals surface area contributed by atoms with Crippen molar-refractivity contribution < 1.29 is 4.74 Å². The Morgan fingerprint density at radius 2 is 1.69 bits per heavy atom. The number of hydrogen-bond donors (Lipinski definition) is 0. The first kappa shape index (κ1) is 11.8. The molecule has 1 nitrogen and oxygen atoms in total. The number of ether oxygens (including phenoxy) is 1. The Kier molecular flexibility index (Phi) is 5.69. The van der Waals surface area contributed by atoms with Crippen molar-refractivity contribution in [2.24, 2.45) is 0 Å². The Morgan fingerprint density at radius 1 is 1.15 bits per heavy atom. The summed E-state index contributed by atoms with van der Waals surface area (Å²) >= 11 is 0.